The first-order chi connectivity index (χ1) is 13.7. The smallest absolute Gasteiger partial charge is 0.339 e. The van der Waals surface area contributed by atoms with Gasteiger partial charge in [-0.05, 0) is 12.1 Å². The molecular weight excluding hydrogens is 352 g/mol. The van der Waals surface area contributed by atoms with Crippen LogP contribution in [0.15, 0.2) is 84.9 Å². The van der Waals surface area contributed by atoms with E-state index in [1.165, 1.54) is 7.11 Å². The minimum atomic E-state index is -0.480. The summed E-state index contributed by atoms with van der Waals surface area (Å²) in [5.74, 6) is -0.667. The average Bonchev–Trinajstić information content (AvgIpc) is 2.75. The Morgan fingerprint density at radius 3 is 1.96 bits per heavy atom. The van der Waals surface area contributed by atoms with Gasteiger partial charge in [0.1, 0.15) is 6.04 Å². The molecule has 3 rings (SSSR count). The normalized spacial score (nSPS) is 10.5. The topological polar surface area (TPSA) is 72.0 Å². The lowest BCUT2D eigenvalue weighted by molar-refractivity contribution is -0.676. The number of esters is 1. The third kappa shape index (κ3) is 4.84. The summed E-state index contributed by atoms with van der Waals surface area (Å²) in [6, 6.07) is 27.0. The Balaban J connectivity index is 1.72. The fraction of sp³-hybridized carbons (Fsp3) is 0.130. The first kappa shape index (κ1) is 19.3. The van der Waals surface area contributed by atoms with Gasteiger partial charge in [0.15, 0.2) is 6.54 Å². The van der Waals surface area contributed by atoms with Gasteiger partial charge in [0.2, 0.25) is 0 Å². The molecule has 0 aliphatic carbocycles. The molecule has 0 atom stereocenters. The molecule has 5 nitrogen and oxygen atoms in total. The first-order valence-corrected chi connectivity index (χ1v) is 9.09. The van der Waals surface area contributed by atoms with Crippen molar-refractivity contribution in [3.8, 4) is 0 Å². The predicted octanol–water partition coefficient (Wildman–Crippen LogP) is 2.76. The maximum Gasteiger partial charge on any atom is 0.339 e. The van der Waals surface area contributed by atoms with Crippen molar-refractivity contribution in [2.75, 3.05) is 19.0 Å². The zero-order chi connectivity index (χ0) is 19.8. The number of ether oxygens (including phenoxy) is 1. The van der Waals surface area contributed by atoms with Crippen molar-refractivity contribution in [1.29, 1.82) is 0 Å². The highest BCUT2D eigenvalue weighted by molar-refractivity contribution is 6.01. The van der Waals surface area contributed by atoms with Crippen molar-refractivity contribution in [2.24, 2.45) is 0 Å². The molecule has 5 heteroatoms. The molecule has 142 valence electrons. The Bertz CT molecular complexity index is 887. The molecule has 0 bridgehead atoms. The summed E-state index contributed by atoms with van der Waals surface area (Å²) >= 11 is 0. The highest BCUT2D eigenvalue weighted by atomic mass is 16.5. The molecule has 3 N–H and O–H groups in total. The Morgan fingerprint density at radius 2 is 1.39 bits per heavy atom. The summed E-state index contributed by atoms with van der Waals surface area (Å²) in [6.45, 7) is 0.212. The molecule has 0 radical (unpaired) electrons. The third-order valence-electron chi connectivity index (χ3n) is 4.46. The average molecular weight is 375 g/mol. The molecule has 0 saturated heterocycles. The zero-order valence-corrected chi connectivity index (χ0v) is 15.7. The molecule has 3 aromatic rings. The highest BCUT2D eigenvalue weighted by Crippen LogP contribution is 2.18. The number of carbonyl (C=O) groups excluding carboxylic acids is 2. The van der Waals surface area contributed by atoms with Gasteiger partial charge < -0.3 is 15.4 Å². The quantitative estimate of drug-likeness (QED) is 0.624. The Hall–Kier alpha value is -3.44. The molecule has 0 aromatic heterocycles. The Morgan fingerprint density at radius 1 is 0.857 bits per heavy atom. The lowest BCUT2D eigenvalue weighted by Crippen LogP contribution is -2.87. The zero-order valence-electron chi connectivity index (χ0n) is 15.7. The summed E-state index contributed by atoms with van der Waals surface area (Å²) in [5, 5.41) is 4.80. The second-order valence-corrected chi connectivity index (χ2v) is 6.32. The second-order valence-electron chi connectivity index (χ2n) is 6.32. The number of nitrogens with one attached hydrogen (secondary N) is 1. The molecular formula is C23H23N2O3+. The summed E-state index contributed by atoms with van der Waals surface area (Å²) in [7, 11) is 1.32. The monoisotopic (exact) mass is 375 g/mol. The largest absolute Gasteiger partial charge is 0.465 e. The van der Waals surface area contributed by atoms with E-state index in [2.05, 4.69) is 29.6 Å². The molecule has 0 saturated carbocycles. The standard InChI is InChI=1S/C23H22N2O3/c1-28-23(27)19-14-8-9-15-20(19)25-21(26)16-24-22(17-10-4-2-5-11-17)18-12-6-3-7-13-18/h2-15,22,24H,16H2,1H3,(H,25,26)/p+1. The van der Waals surface area contributed by atoms with Crippen LogP contribution in [0.3, 0.4) is 0 Å². The number of hydrogen-bond acceptors (Lipinski definition) is 3. The van der Waals surface area contributed by atoms with Crippen LogP contribution in [0.5, 0.6) is 0 Å². The van der Waals surface area contributed by atoms with E-state index in [0.717, 1.165) is 11.1 Å². The van der Waals surface area contributed by atoms with E-state index in [1.54, 1.807) is 24.3 Å². The van der Waals surface area contributed by atoms with Crippen LogP contribution >= 0.6 is 0 Å². The summed E-state index contributed by atoms with van der Waals surface area (Å²) < 4.78 is 4.77. The number of quaternary nitrogens is 1. The van der Waals surface area contributed by atoms with Crippen LogP contribution in [0.2, 0.25) is 0 Å². The summed E-state index contributed by atoms with van der Waals surface area (Å²) in [5.41, 5.74) is 3.03. The van der Waals surface area contributed by atoms with E-state index < -0.39 is 5.97 Å². The van der Waals surface area contributed by atoms with E-state index >= 15 is 0 Å². The lowest BCUT2D eigenvalue weighted by atomic mass is 9.99. The van der Waals surface area contributed by atoms with Gasteiger partial charge in [-0.1, -0.05) is 72.8 Å². The van der Waals surface area contributed by atoms with Crippen molar-refractivity contribution in [3.63, 3.8) is 0 Å². The van der Waals surface area contributed by atoms with Crippen LogP contribution in [0.1, 0.15) is 27.5 Å². The number of anilines is 1. The molecule has 0 heterocycles. The second kappa shape index (κ2) is 9.48. The SMILES string of the molecule is COC(=O)c1ccccc1NC(=O)C[NH2+]C(c1ccccc1)c1ccccc1. The predicted molar refractivity (Wildman–Crippen MR) is 108 cm³/mol. The van der Waals surface area contributed by atoms with Gasteiger partial charge in [0.25, 0.3) is 5.91 Å². The van der Waals surface area contributed by atoms with Crippen LogP contribution in [0.4, 0.5) is 5.69 Å². The van der Waals surface area contributed by atoms with Crippen LogP contribution in [-0.4, -0.2) is 25.5 Å². The number of para-hydroxylation sites is 1. The van der Waals surface area contributed by atoms with E-state index in [-0.39, 0.29) is 18.5 Å². The van der Waals surface area contributed by atoms with Crippen LogP contribution in [0.25, 0.3) is 0 Å². The number of hydrogen-bond donors (Lipinski definition) is 2. The number of methoxy groups -OCH3 is 1. The van der Waals surface area contributed by atoms with Gasteiger partial charge in [-0.25, -0.2) is 4.79 Å². The molecule has 0 aliphatic rings. The van der Waals surface area contributed by atoms with Crippen molar-refractivity contribution >= 4 is 17.6 Å². The highest BCUT2D eigenvalue weighted by Gasteiger charge is 2.19. The number of amides is 1. The molecule has 0 unspecified atom stereocenters. The minimum Gasteiger partial charge on any atom is -0.465 e. The Kier molecular flexibility index (Phi) is 6.54. The van der Waals surface area contributed by atoms with Crippen molar-refractivity contribution in [3.05, 3.63) is 102 Å². The van der Waals surface area contributed by atoms with E-state index in [1.807, 2.05) is 41.7 Å². The van der Waals surface area contributed by atoms with Crippen molar-refractivity contribution in [2.45, 2.75) is 6.04 Å². The lowest BCUT2D eigenvalue weighted by Gasteiger charge is -2.17. The van der Waals surface area contributed by atoms with E-state index in [0.29, 0.717) is 11.3 Å². The Labute approximate surface area is 164 Å². The first-order valence-electron chi connectivity index (χ1n) is 9.09. The van der Waals surface area contributed by atoms with Gasteiger partial charge >= 0.3 is 5.97 Å². The van der Waals surface area contributed by atoms with Gasteiger partial charge in [0.05, 0.1) is 18.4 Å². The van der Waals surface area contributed by atoms with Crippen molar-refractivity contribution < 1.29 is 19.6 Å². The van der Waals surface area contributed by atoms with Gasteiger partial charge in [-0.15, -0.1) is 0 Å². The molecule has 28 heavy (non-hydrogen) atoms. The number of rotatable bonds is 7. The summed E-state index contributed by atoms with van der Waals surface area (Å²) in [6.07, 6.45) is 0. The van der Waals surface area contributed by atoms with Crippen LogP contribution in [0, 0.1) is 0 Å². The fourth-order valence-electron chi connectivity index (χ4n) is 3.09. The van der Waals surface area contributed by atoms with Crippen LogP contribution in [-0.2, 0) is 9.53 Å². The molecule has 1 amide bonds. The summed E-state index contributed by atoms with van der Waals surface area (Å²) in [4.78, 5) is 24.4. The van der Waals surface area contributed by atoms with Gasteiger partial charge in [0, 0.05) is 11.1 Å². The van der Waals surface area contributed by atoms with Crippen molar-refractivity contribution in [1.82, 2.24) is 0 Å². The molecule has 0 fully saturated rings. The maximum atomic E-state index is 12.5. The fourth-order valence-corrected chi connectivity index (χ4v) is 3.09. The van der Waals surface area contributed by atoms with Gasteiger partial charge in [-0.2, -0.15) is 0 Å². The van der Waals surface area contributed by atoms with E-state index in [4.69, 9.17) is 4.74 Å². The number of nitrogens with two attached hydrogens (primary N) is 1. The van der Waals surface area contributed by atoms with Gasteiger partial charge in [-0.3, -0.25) is 4.79 Å². The van der Waals surface area contributed by atoms with Crippen LogP contribution < -0.4 is 10.6 Å². The molecule has 3 aromatic carbocycles. The third-order valence-corrected chi connectivity index (χ3v) is 4.46. The number of benzene rings is 3. The molecule has 0 aliphatic heterocycles. The number of carbonyl (C=O) groups is 2. The molecule has 0 spiro atoms. The minimum absolute atomic E-state index is 0.00370. The maximum absolute atomic E-state index is 12.5. The van der Waals surface area contributed by atoms with E-state index in [9.17, 15) is 9.59 Å².